The average molecular weight is 959 g/mol. The predicted octanol–water partition coefficient (Wildman–Crippen LogP) is 2.53. The second-order valence-electron chi connectivity index (χ2n) is 19.9. The van der Waals surface area contributed by atoms with E-state index >= 15 is 0 Å². The number of aromatic nitrogens is 6. The van der Waals surface area contributed by atoms with Crippen LogP contribution in [0.25, 0.3) is 12.2 Å². The third-order valence-corrected chi connectivity index (χ3v) is 15.7. The van der Waals surface area contributed by atoms with Crippen LogP contribution in [-0.2, 0) is 59.2 Å². The molecule has 2 aliphatic carbocycles. The molecule has 0 bridgehead atoms. The maximum absolute atomic E-state index is 13.7. The van der Waals surface area contributed by atoms with Crippen molar-refractivity contribution >= 4 is 35.8 Å². The summed E-state index contributed by atoms with van der Waals surface area (Å²) in [5.41, 5.74) is 4.25. The van der Waals surface area contributed by atoms with Gasteiger partial charge in [0, 0.05) is 137 Å². The van der Waals surface area contributed by atoms with E-state index in [0.29, 0.717) is 50.1 Å². The molecule has 2 saturated heterocycles. The van der Waals surface area contributed by atoms with Crippen molar-refractivity contribution in [2.75, 3.05) is 26.3 Å². The number of hydrogen-bond acceptors (Lipinski definition) is 10. The molecule has 8 heterocycles. The molecular formula is C52H66N10O8. The smallest absolute Gasteiger partial charge is 0.258 e. The third kappa shape index (κ3) is 8.88. The Morgan fingerprint density at radius 3 is 1.36 bits per heavy atom. The molecule has 372 valence electrons. The van der Waals surface area contributed by atoms with Crippen LogP contribution in [0.2, 0.25) is 0 Å². The zero-order chi connectivity index (χ0) is 49.4. The predicted molar refractivity (Wildman–Crippen MR) is 260 cm³/mol. The number of aliphatic hydroxyl groups excluding tert-OH is 2. The number of allylic oxidation sites excluding steroid dienone is 2. The fourth-order valence-electron chi connectivity index (χ4n) is 11.9. The number of carbonyl (C=O) groups is 4. The summed E-state index contributed by atoms with van der Waals surface area (Å²) in [5.74, 6) is -2.03. The summed E-state index contributed by atoms with van der Waals surface area (Å²) in [5, 5.41) is 26.8. The van der Waals surface area contributed by atoms with E-state index in [0.717, 1.165) is 61.3 Å². The molecule has 70 heavy (non-hydrogen) atoms. The molecule has 18 nitrogen and oxygen atoms in total. The lowest BCUT2D eigenvalue weighted by atomic mass is 9.84. The fraction of sp³-hybridized carbons (Fsp3) is 0.538. The first-order valence-corrected chi connectivity index (χ1v) is 25.0. The van der Waals surface area contributed by atoms with Gasteiger partial charge in [-0.3, -0.25) is 28.8 Å². The molecule has 6 aliphatic rings. The van der Waals surface area contributed by atoms with Crippen molar-refractivity contribution in [3.8, 4) is 0 Å². The van der Waals surface area contributed by atoms with Crippen LogP contribution in [0.4, 0.5) is 0 Å². The number of carbonyl (C=O) groups excluding carboxylic acids is 4. The molecule has 4 N–H and O–H groups in total. The Kier molecular flexibility index (Phi) is 14.2. The van der Waals surface area contributed by atoms with Crippen LogP contribution in [0.5, 0.6) is 0 Å². The van der Waals surface area contributed by atoms with Gasteiger partial charge in [0.05, 0.1) is 36.1 Å². The van der Waals surface area contributed by atoms with E-state index in [1.807, 2.05) is 73.8 Å². The van der Waals surface area contributed by atoms with Gasteiger partial charge in [0.25, 0.3) is 11.1 Å². The molecule has 2 saturated carbocycles. The number of aliphatic hydroxyl groups is 2. The molecule has 4 aromatic heterocycles. The van der Waals surface area contributed by atoms with Crippen molar-refractivity contribution < 1.29 is 29.4 Å². The minimum atomic E-state index is -0.758. The minimum absolute atomic E-state index is 0.0366. The molecule has 0 spiro atoms. The maximum Gasteiger partial charge on any atom is 0.258 e. The minimum Gasteiger partial charge on any atom is -0.396 e. The zero-order valence-corrected chi connectivity index (χ0v) is 40.5. The summed E-state index contributed by atoms with van der Waals surface area (Å²) in [6.45, 7) is 4.86. The highest BCUT2D eigenvalue weighted by Gasteiger charge is 2.59. The summed E-state index contributed by atoms with van der Waals surface area (Å²) in [4.78, 5) is 92.5. The van der Waals surface area contributed by atoms with Crippen LogP contribution < -0.4 is 21.8 Å². The van der Waals surface area contributed by atoms with E-state index in [-0.39, 0.29) is 83.7 Å². The van der Waals surface area contributed by atoms with Gasteiger partial charge in [-0.1, -0.05) is 37.1 Å². The van der Waals surface area contributed by atoms with Gasteiger partial charge >= 0.3 is 0 Å². The van der Waals surface area contributed by atoms with Gasteiger partial charge in [-0.15, -0.1) is 0 Å². The molecule has 4 amide bonds. The average Bonchev–Trinajstić information content (AvgIpc) is 4.16. The van der Waals surface area contributed by atoms with Crippen molar-refractivity contribution in [3.63, 3.8) is 0 Å². The standard InChI is InChI=1S/2C26H33N5O4/c2*1-3-5-16-8-9-21-22-19(13-30(21)25(16)34)20(14-32)23(31(22)26(35)17-6-4-7-17)24(33)27-11-10-18-12-29(2)15-28-18/h2*3,5,8-9,12,15,17,19-20,22-23,32H,4,6-7,10-11,13-14H2,1-2H3,(H,27,33)/b5-3+;5-3-/t2*19-,20-,22+,23-/m11/s1. The molecule has 4 fully saturated rings. The normalized spacial score (nSPS) is 25.5. The largest absolute Gasteiger partial charge is 0.396 e. The number of pyridine rings is 2. The summed E-state index contributed by atoms with van der Waals surface area (Å²) in [7, 11) is 3.79. The first-order valence-electron chi connectivity index (χ1n) is 25.0. The van der Waals surface area contributed by atoms with Gasteiger partial charge in [0.15, 0.2) is 0 Å². The molecule has 4 aliphatic heterocycles. The highest BCUT2D eigenvalue weighted by Crippen LogP contribution is 2.52. The van der Waals surface area contributed by atoms with Gasteiger partial charge in [-0.05, 0) is 63.8 Å². The Balaban J connectivity index is 0.000000174. The number of fused-ring (bicyclic) bond motifs is 6. The van der Waals surface area contributed by atoms with Gasteiger partial charge in [-0.25, -0.2) is 9.97 Å². The van der Waals surface area contributed by atoms with E-state index < -0.39 is 23.9 Å². The highest BCUT2D eigenvalue weighted by molar-refractivity contribution is 5.91. The highest BCUT2D eigenvalue weighted by atomic mass is 16.3. The van der Waals surface area contributed by atoms with Crippen LogP contribution in [-0.4, -0.2) is 110 Å². The number of hydrogen-bond donors (Lipinski definition) is 4. The Bertz CT molecular complexity index is 2610. The Morgan fingerprint density at radius 2 is 1.04 bits per heavy atom. The van der Waals surface area contributed by atoms with E-state index in [1.54, 1.807) is 55.9 Å². The SMILES string of the molecule is C/C=C/c1ccc2n(c1=O)C[C@@H]1[C@@H](CO)[C@H](C(=O)NCCc3cn(C)cn3)N(C(=O)C3CCC3)[C@H]21.C/C=C\c1ccc2n(c1=O)C[C@@H]1[C@@H](CO)[C@H](C(=O)NCCc3cn(C)cn3)N(C(=O)C3CCC3)[C@H]21. The van der Waals surface area contributed by atoms with Crippen LogP contribution in [0.1, 0.15) is 98.4 Å². The number of amides is 4. The number of imidazole rings is 2. The molecule has 4 aromatic rings. The molecular weight excluding hydrogens is 893 g/mol. The quantitative estimate of drug-likeness (QED) is 0.145. The summed E-state index contributed by atoms with van der Waals surface area (Å²) in [6, 6.07) is 5.08. The van der Waals surface area contributed by atoms with Crippen LogP contribution >= 0.6 is 0 Å². The summed E-state index contributed by atoms with van der Waals surface area (Å²) in [6.07, 6.45) is 20.9. The number of aryl methyl sites for hydroxylation is 2. The fourth-order valence-corrected chi connectivity index (χ4v) is 11.9. The maximum atomic E-state index is 13.7. The van der Waals surface area contributed by atoms with Crippen molar-refractivity contribution in [1.29, 1.82) is 0 Å². The summed E-state index contributed by atoms with van der Waals surface area (Å²) < 4.78 is 7.17. The lowest BCUT2D eigenvalue weighted by Gasteiger charge is -2.36. The van der Waals surface area contributed by atoms with E-state index in [2.05, 4.69) is 20.6 Å². The van der Waals surface area contributed by atoms with Crippen LogP contribution in [0.15, 0.2) is 71.1 Å². The first kappa shape index (κ1) is 48.6. The topological polar surface area (TPSA) is 219 Å². The lowest BCUT2D eigenvalue weighted by molar-refractivity contribution is -0.147. The van der Waals surface area contributed by atoms with Crippen molar-refractivity contribution in [2.45, 2.75) is 102 Å². The number of nitrogens with one attached hydrogen (secondary N) is 2. The van der Waals surface area contributed by atoms with Gasteiger partial charge in [-0.2, -0.15) is 0 Å². The number of likely N-dealkylation sites (tertiary alicyclic amines) is 2. The second kappa shape index (κ2) is 20.5. The number of rotatable bonds is 14. The van der Waals surface area contributed by atoms with Gasteiger partial charge in [0.1, 0.15) is 12.1 Å². The number of nitrogens with zero attached hydrogens (tertiary/aromatic N) is 8. The lowest BCUT2D eigenvalue weighted by Crippen LogP contribution is -2.52. The molecule has 10 rings (SSSR count). The Hall–Kier alpha value is -6.40. The van der Waals surface area contributed by atoms with Crippen LogP contribution in [0, 0.1) is 35.5 Å². The van der Waals surface area contributed by atoms with Crippen molar-refractivity contribution in [3.05, 3.63) is 116 Å². The zero-order valence-electron chi connectivity index (χ0n) is 40.5. The van der Waals surface area contributed by atoms with Crippen LogP contribution in [0.3, 0.4) is 0 Å². The van der Waals surface area contributed by atoms with Gasteiger partial charge < -0.3 is 48.9 Å². The van der Waals surface area contributed by atoms with E-state index in [4.69, 9.17) is 0 Å². The van der Waals surface area contributed by atoms with Crippen molar-refractivity contribution in [2.24, 2.45) is 49.6 Å². The Labute approximate surface area is 407 Å². The summed E-state index contributed by atoms with van der Waals surface area (Å²) >= 11 is 0. The first-order chi connectivity index (χ1) is 33.9. The molecule has 18 heteroatoms. The monoisotopic (exact) mass is 959 g/mol. The molecule has 0 unspecified atom stereocenters. The molecule has 0 radical (unpaired) electrons. The Morgan fingerprint density at radius 1 is 0.643 bits per heavy atom. The van der Waals surface area contributed by atoms with E-state index in [9.17, 15) is 39.0 Å². The molecule has 8 atom stereocenters. The second-order valence-corrected chi connectivity index (χ2v) is 19.9. The van der Waals surface area contributed by atoms with E-state index in [1.165, 1.54) is 0 Å². The van der Waals surface area contributed by atoms with Crippen molar-refractivity contribution in [1.82, 2.24) is 48.7 Å². The third-order valence-electron chi connectivity index (χ3n) is 15.7. The van der Waals surface area contributed by atoms with Gasteiger partial charge in [0.2, 0.25) is 23.6 Å². The molecule has 0 aromatic carbocycles.